The molecule has 1 saturated carbocycles. The second kappa shape index (κ2) is 8.17. The number of hydrogen-bond acceptors (Lipinski definition) is 5. The second-order valence-electron chi connectivity index (χ2n) is 6.01. The summed E-state index contributed by atoms with van der Waals surface area (Å²) in [5.41, 5.74) is 0. The summed E-state index contributed by atoms with van der Waals surface area (Å²) in [5, 5.41) is 3.40. The van der Waals surface area contributed by atoms with Gasteiger partial charge in [0.1, 0.15) is 11.6 Å². The predicted octanol–water partition coefficient (Wildman–Crippen LogP) is 2.90. The third-order valence-electron chi connectivity index (χ3n) is 3.50. The van der Waals surface area contributed by atoms with E-state index < -0.39 is 0 Å². The summed E-state index contributed by atoms with van der Waals surface area (Å²) in [6, 6.07) is 1.93. The van der Waals surface area contributed by atoms with Gasteiger partial charge in [-0.25, -0.2) is 4.98 Å². The highest BCUT2D eigenvalue weighted by Crippen LogP contribution is 2.39. The van der Waals surface area contributed by atoms with Crippen LogP contribution in [0.15, 0.2) is 6.07 Å². The molecular weight excluding hydrogens is 264 g/mol. The van der Waals surface area contributed by atoms with Crippen LogP contribution in [0.5, 0.6) is 5.88 Å². The Morgan fingerprint density at radius 3 is 2.76 bits per heavy atom. The molecule has 1 aromatic heterocycles. The lowest BCUT2D eigenvalue weighted by molar-refractivity contribution is 0.296. The van der Waals surface area contributed by atoms with Gasteiger partial charge in [0.15, 0.2) is 0 Å². The molecule has 0 spiro atoms. The first kappa shape index (κ1) is 16.0. The summed E-state index contributed by atoms with van der Waals surface area (Å²) in [4.78, 5) is 11.4. The average Bonchev–Trinajstić information content (AvgIpc) is 3.28. The van der Waals surface area contributed by atoms with Crippen LogP contribution in [0, 0.1) is 0 Å². The maximum Gasteiger partial charge on any atom is 0.218 e. The average molecular weight is 292 g/mol. The molecule has 118 valence electrons. The number of nitrogens with zero attached hydrogens (tertiary/aromatic N) is 3. The van der Waals surface area contributed by atoms with Crippen molar-refractivity contribution in [1.82, 2.24) is 14.9 Å². The van der Waals surface area contributed by atoms with Gasteiger partial charge in [0.25, 0.3) is 0 Å². The van der Waals surface area contributed by atoms with Gasteiger partial charge in [-0.2, -0.15) is 4.98 Å². The van der Waals surface area contributed by atoms with Crippen LogP contribution in [0.3, 0.4) is 0 Å². The molecule has 0 aliphatic heterocycles. The number of unbranched alkanes of at least 4 members (excludes halogenated alkanes) is 1. The van der Waals surface area contributed by atoms with Gasteiger partial charge in [-0.1, -0.05) is 13.3 Å². The van der Waals surface area contributed by atoms with Crippen molar-refractivity contribution < 1.29 is 4.74 Å². The van der Waals surface area contributed by atoms with Crippen molar-refractivity contribution in [1.29, 1.82) is 0 Å². The number of nitrogens with one attached hydrogen (secondary N) is 1. The van der Waals surface area contributed by atoms with Gasteiger partial charge in [0, 0.05) is 18.5 Å². The van der Waals surface area contributed by atoms with Crippen LogP contribution in [-0.4, -0.2) is 48.7 Å². The molecule has 1 fully saturated rings. The van der Waals surface area contributed by atoms with Crippen LogP contribution in [-0.2, 0) is 0 Å². The minimum atomic E-state index is 0.544. The van der Waals surface area contributed by atoms with E-state index >= 15 is 0 Å². The van der Waals surface area contributed by atoms with Crippen LogP contribution in [0.25, 0.3) is 0 Å². The first-order valence-corrected chi connectivity index (χ1v) is 8.09. The van der Waals surface area contributed by atoms with E-state index in [4.69, 9.17) is 4.74 Å². The van der Waals surface area contributed by atoms with Gasteiger partial charge < -0.3 is 15.0 Å². The van der Waals surface area contributed by atoms with Crippen molar-refractivity contribution in [3.05, 3.63) is 11.9 Å². The monoisotopic (exact) mass is 292 g/mol. The molecule has 0 atom stereocenters. The predicted molar refractivity (Wildman–Crippen MR) is 86.1 cm³/mol. The lowest BCUT2D eigenvalue weighted by Gasteiger charge is -2.12. The quantitative estimate of drug-likeness (QED) is 0.672. The molecule has 5 nitrogen and oxygen atoms in total. The Balaban J connectivity index is 1.91. The lowest BCUT2D eigenvalue weighted by atomic mass is 10.3. The summed E-state index contributed by atoms with van der Waals surface area (Å²) in [6.07, 6.45) is 5.71. The molecule has 1 aromatic rings. The van der Waals surface area contributed by atoms with Gasteiger partial charge in [-0.3, -0.25) is 0 Å². The van der Waals surface area contributed by atoms with E-state index in [1.165, 1.54) is 12.8 Å². The largest absolute Gasteiger partial charge is 0.478 e. The Morgan fingerprint density at radius 2 is 2.10 bits per heavy atom. The summed E-state index contributed by atoms with van der Waals surface area (Å²) in [7, 11) is 4.19. The first-order valence-electron chi connectivity index (χ1n) is 8.09. The molecule has 0 amide bonds. The SMILES string of the molecule is CCCCOc1cc(NCCCN(C)C)nc(C2CC2)n1. The Labute approximate surface area is 128 Å². The molecule has 2 rings (SSSR count). The van der Waals surface area contributed by atoms with E-state index in [1.807, 2.05) is 6.07 Å². The van der Waals surface area contributed by atoms with Crippen LogP contribution in [0.1, 0.15) is 50.8 Å². The maximum absolute atomic E-state index is 5.75. The van der Waals surface area contributed by atoms with Crippen molar-refractivity contribution >= 4 is 5.82 Å². The van der Waals surface area contributed by atoms with Gasteiger partial charge >= 0.3 is 0 Å². The van der Waals surface area contributed by atoms with Crippen molar-refractivity contribution in [2.75, 3.05) is 39.1 Å². The summed E-state index contributed by atoms with van der Waals surface area (Å²) in [6.45, 7) is 4.90. The molecule has 0 aromatic carbocycles. The van der Waals surface area contributed by atoms with E-state index in [9.17, 15) is 0 Å². The van der Waals surface area contributed by atoms with Gasteiger partial charge in [0.05, 0.1) is 6.61 Å². The molecule has 5 heteroatoms. The van der Waals surface area contributed by atoms with Crippen molar-refractivity contribution in [2.24, 2.45) is 0 Å². The fraction of sp³-hybridized carbons (Fsp3) is 0.750. The summed E-state index contributed by atoms with van der Waals surface area (Å²) in [5.74, 6) is 3.11. The Kier molecular flexibility index (Phi) is 6.23. The minimum Gasteiger partial charge on any atom is -0.478 e. The van der Waals surface area contributed by atoms with Crippen LogP contribution in [0.2, 0.25) is 0 Å². The maximum atomic E-state index is 5.75. The molecule has 1 heterocycles. The molecule has 0 unspecified atom stereocenters. The summed E-state index contributed by atoms with van der Waals surface area (Å²) >= 11 is 0. The highest BCUT2D eigenvalue weighted by atomic mass is 16.5. The highest BCUT2D eigenvalue weighted by molar-refractivity contribution is 5.39. The Morgan fingerprint density at radius 1 is 1.29 bits per heavy atom. The number of anilines is 1. The first-order chi connectivity index (χ1) is 10.2. The highest BCUT2D eigenvalue weighted by Gasteiger charge is 2.27. The smallest absolute Gasteiger partial charge is 0.218 e. The molecule has 21 heavy (non-hydrogen) atoms. The molecule has 1 aliphatic rings. The Bertz CT molecular complexity index is 432. The second-order valence-corrected chi connectivity index (χ2v) is 6.01. The zero-order valence-corrected chi connectivity index (χ0v) is 13.6. The van der Waals surface area contributed by atoms with Crippen molar-refractivity contribution in [2.45, 2.75) is 44.9 Å². The van der Waals surface area contributed by atoms with E-state index in [1.54, 1.807) is 0 Å². The fourth-order valence-electron chi connectivity index (χ4n) is 2.06. The van der Waals surface area contributed by atoms with Crippen LogP contribution < -0.4 is 10.1 Å². The topological polar surface area (TPSA) is 50.3 Å². The number of rotatable bonds is 10. The van der Waals surface area contributed by atoms with Gasteiger partial charge in [0.2, 0.25) is 5.88 Å². The molecule has 1 aliphatic carbocycles. The zero-order valence-electron chi connectivity index (χ0n) is 13.6. The van der Waals surface area contributed by atoms with Crippen molar-refractivity contribution in [3.63, 3.8) is 0 Å². The molecule has 1 N–H and O–H groups in total. The van der Waals surface area contributed by atoms with Gasteiger partial charge in [-0.05, 0) is 46.3 Å². The van der Waals surface area contributed by atoms with E-state index in [0.717, 1.165) is 56.5 Å². The normalized spacial score (nSPS) is 14.5. The third kappa shape index (κ3) is 5.87. The van der Waals surface area contributed by atoms with E-state index in [2.05, 4.69) is 41.2 Å². The lowest BCUT2D eigenvalue weighted by Crippen LogP contribution is -2.17. The van der Waals surface area contributed by atoms with Crippen LogP contribution in [0.4, 0.5) is 5.82 Å². The molecular formula is C16H28N4O. The zero-order chi connectivity index (χ0) is 15.1. The Hall–Kier alpha value is -1.36. The van der Waals surface area contributed by atoms with Crippen molar-refractivity contribution in [3.8, 4) is 5.88 Å². The standard InChI is InChI=1S/C16H28N4O/c1-4-5-11-21-15-12-14(17-9-6-10-20(2)3)18-16(19-15)13-7-8-13/h12-13H,4-11H2,1-3H3,(H,17,18,19). The summed E-state index contributed by atoms with van der Waals surface area (Å²) < 4.78 is 5.75. The number of ether oxygens (including phenoxy) is 1. The fourth-order valence-corrected chi connectivity index (χ4v) is 2.06. The number of hydrogen-bond donors (Lipinski definition) is 1. The molecule has 0 saturated heterocycles. The number of aromatic nitrogens is 2. The molecule has 0 bridgehead atoms. The third-order valence-corrected chi connectivity index (χ3v) is 3.50. The molecule has 0 radical (unpaired) electrons. The van der Waals surface area contributed by atoms with Crippen LogP contribution >= 0.6 is 0 Å². The minimum absolute atomic E-state index is 0.544. The van der Waals surface area contributed by atoms with Gasteiger partial charge in [-0.15, -0.1) is 0 Å². The van der Waals surface area contributed by atoms with E-state index in [-0.39, 0.29) is 0 Å². The van der Waals surface area contributed by atoms with E-state index in [0.29, 0.717) is 5.92 Å².